The van der Waals surface area contributed by atoms with Crippen LogP contribution in [0.5, 0.6) is 11.5 Å². The standard InChI is InChI=1S/C18H24N4O2/c1-12-15(13(2)21-20-12)5-7-22-8-6-19-18(22)14-3-4-16-17(11-14)24-10-9-23-16/h3-4,6,8,11-13,15,20-21H,5,7,9-10H2,1-2H3. The Hall–Kier alpha value is -2.05. The van der Waals surface area contributed by atoms with E-state index in [-0.39, 0.29) is 0 Å². The Balaban J connectivity index is 1.52. The Morgan fingerprint density at radius 2 is 1.88 bits per heavy atom. The molecule has 2 N–H and O–H groups in total. The summed E-state index contributed by atoms with van der Waals surface area (Å²) in [7, 11) is 0. The number of hydrazine groups is 1. The number of nitrogens with zero attached hydrogens (tertiary/aromatic N) is 2. The van der Waals surface area contributed by atoms with Gasteiger partial charge in [-0.05, 0) is 44.4 Å². The molecule has 2 atom stereocenters. The van der Waals surface area contributed by atoms with Gasteiger partial charge in [-0.3, -0.25) is 10.9 Å². The smallest absolute Gasteiger partial charge is 0.162 e. The van der Waals surface area contributed by atoms with E-state index in [4.69, 9.17) is 9.47 Å². The average molecular weight is 328 g/mol. The molecule has 128 valence electrons. The number of aryl methyl sites for hydroxylation is 1. The van der Waals surface area contributed by atoms with Gasteiger partial charge in [-0.25, -0.2) is 4.98 Å². The minimum atomic E-state index is 0.487. The van der Waals surface area contributed by atoms with E-state index in [0.29, 0.717) is 31.2 Å². The maximum atomic E-state index is 5.69. The van der Waals surface area contributed by atoms with Gasteiger partial charge in [0.2, 0.25) is 0 Å². The van der Waals surface area contributed by atoms with Gasteiger partial charge in [0.25, 0.3) is 0 Å². The summed E-state index contributed by atoms with van der Waals surface area (Å²) in [5.74, 6) is 3.21. The van der Waals surface area contributed by atoms with E-state index in [2.05, 4.69) is 46.5 Å². The van der Waals surface area contributed by atoms with E-state index >= 15 is 0 Å². The van der Waals surface area contributed by atoms with Crippen molar-refractivity contribution >= 4 is 0 Å². The van der Waals surface area contributed by atoms with E-state index in [1.165, 1.54) is 0 Å². The number of benzene rings is 1. The summed E-state index contributed by atoms with van der Waals surface area (Å²) in [6, 6.07) is 7.02. The van der Waals surface area contributed by atoms with Crippen molar-refractivity contribution in [3.05, 3.63) is 30.6 Å². The molecule has 0 aliphatic carbocycles. The summed E-state index contributed by atoms with van der Waals surface area (Å²) in [6.45, 7) is 6.63. The molecule has 4 rings (SSSR count). The van der Waals surface area contributed by atoms with Crippen molar-refractivity contribution in [2.24, 2.45) is 5.92 Å². The van der Waals surface area contributed by atoms with Crippen LogP contribution >= 0.6 is 0 Å². The van der Waals surface area contributed by atoms with Gasteiger partial charge in [0.15, 0.2) is 11.5 Å². The predicted octanol–water partition coefficient (Wildman–Crippen LogP) is 2.21. The zero-order valence-corrected chi connectivity index (χ0v) is 14.2. The lowest BCUT2D eigenvalue weighted by Crippen LogP contribution is -2.30. The second-order valence-corrected chi connectivity index (χ2v) is 6.62. The van der Waals surface area contributed by atoms with Crippen molar-refractivity contribution in [2.75, 3.05) is 13.2 Å². The average Bonchev–Trinajstić information content (AvgIpc) is 3.20. The summed E-state index contributed by atoms with van der Waals surface area (Å²) in [5, 5.41) is 0. The van der Waals surface area contributed by atoms with Crippen LogP contribution in [0.1, 0.15) is 20.3 Å². The molecule has 0 radical (unpaired) electrons. The van der Waals surface area contributed by atoms with Crippen molar-refractivity contribution in [1.82, 2.24) is 20.4 Å². The first kappa shape index (κ1) is 15.5. The Morgan fingerprint density at radius 1 is 1.12 bits per heavy atom. The number of fused-ring (bicyclic) bond motifs is 1. The number of nitrogens with one attached hydrogen (secondary N) is 2. The van der Waals surface area contributed by atoms with Crippen LogP contribution in [0.25, 0.3) is 11.4 Å². The first-order valence-corrected chi connectivity index (χ1v) is 8.64. The molecule has 6 heteroatoms. The molecule has 0 amide bonds. The minimum Gasteiger partial charge on any atom is -0.486 e. The Kier molecular flexibility index (Phi) is 4.16. The van der Waals surface area contributed by atoms with Crippen molar-refractivity contribution < 1.29 is 9.47 Å². The fourth-order valence-corrected chi connectivity index (χ4v) is 3.63. The first-order chi connectivity index (χ1) is 11.7. The Morgan fingerprint density at radius 3 is 2.67 bits per heavy atom. The highest BCUT2D eigenvalue weighted by Gasteiger charge is 2.29. The van der Waals surface area contributed by atoms with E-state index < -0.39 is 0 Å². The molecule has 24 heavy (non-hydrogen) atoms. The molecule has 2 unspecified atom stereocenters. The first-order valence-electron chi connectivity index (χ1n) is 8.64. The molecular formula is C18H24N4O2. The second-order valence-electron chi connectivity index (χ2n) is 6.62. The van der Waals surface area contributed by atoms with Gasteiger partial charge >= 0.3 is 0 Å². The van der Waals surface area contributed by atoms with Gasteiger partial charge in [0, 0.05) is 36.6 Å². The summed E-state index contributed by atoms with van der Waals surface area (Å²) < 4.78 is 13.5. The van der Waals surface area contributed by atoms with E-state index in [1.807, 2.05) is 18.3 Å². The van der Waals surface area contributed by atoms with E-state index in [9.17, 15) is 0 Å². The monoisotopic (exact) mass is 328 g/mol. The van der Waals surface area contributed by atoms with Crippen molar-refractivity contribution in [2.45, 2.75) is 38.9 Å². The molecule has 1 fully saturated rings. The van der Waals surface area contributed by atoms with Crippen LogP contribution in [-0.2, 0) is 6.54 Å². The maximum Gasteiger partial charge on any atom is 0.162 e. The molecule has 1 saturated heterocycles. The van der Waals surface area contributed by atoms with Crippen LogP contribution in [0.15, 0.2) is 30.6 Å². The molecule has 2 aliphatic rings. The van der Waals surface area contributed by atoms with E-state index in [1.54, 1.807) is 0 Å². The van der Waals surface area contributed by atoms with Crippen LogP contribution in [0.4, 0.5) is 0 Å². The van der Waals surface area contributed by atoms with Crippen molar-refractivity contribution in [3.8, 4) is 22.9 Å². The topological polar surface area (TPSA) is 60.3 Å². The van der Waals surface area contributed by atoms with E-state index in [0.717, 1.165) is 35.9 Å². The van der Waals surface area contributed by atoms with Crippen LogP contribution in [-0.4, -0.2) is 34.8 Å². The normalized spacial score (nSPS) is 25.8. The van der Waals surface area contributed by atoms with Gasteiger partial charge < -0.3 is 14.0 Å². The fraction of sp³-hybridized carbons (Fsp3) is 0.500. The molecule has 2 aromatic rings. The minimum absolute atomic E-state index is 0.487. The number of imidazole rings is 1. The van der Waals surface area contributed by atoms with Crippen LogP contribution < -0.4 is 20.3 Å². The molecule has 6 nitrogen and oxygen atoms in total. The number of hydrogen-bond acceptors (Lipinski definition) is 5. The predicted molar refractivity (Wildman–Crippen MR) is 92.0 cm³/mol. The van der Waals surface area contributed by atoms with Crippen LogP contribution in [0.3, 0.4) is 0 Å². The number of rotatable bonds is 4. The third-order valence-electron chi connectivity index (χ3n) is 5.04. The fourth-order valence-electron chi connectivity index (χ4n) is 3.63. The molecule has 0 bridgehead atoms. The molecule has 3 heterocycles. The Bertz CT molecular complexity index is 705. The lowest BCUT2D eigenvalue weighted by molar-refractivity contribution is 0.171. The lowest BCUT2D eigenvalue weighted by atomic mass is 9.93. The highest BCUT2D eigenvalue weighted by atomic mass is 16.6. The molecule has 0 saturated carbocycles. The number of hydrogen-bond donors (Lipinski definition) is 2. The van der Waals surface area contributed by atoms with Gasteiger partial charge in [0.1, 0.15) is 19.0 Å². The SMILES string of the molecule is CC1NNC(C)C1CCn1ccnc1-c1ccc2c(c1)OCCO2. The maximum absolute atomic E-state index is 5.69. The summed E-state index contributed by atoms with van der Waals surface area (Å²) in [4.78, 5) is 4.55. The van der Waals surface area contributed by atoms with Crippen LogP contribution in [0, 0.1) is 5.92 Å². The second kappa shape index (κ2) is 6.45. The summed E-state index contributed by atoms with van der Waals surface area (Å²) in [6.07, 6.45) is 5.03. The third-order valence-corrected chi connectivity index (χ3v) is 5.04. The van der Waals surface area contributed by atoms with Crippen molar-refractivity contribution in [3.63, 3.8) is 0 Å². The zero-order chi connectivity index (χ0) is 16.5. The molecule has 0 spiro atoms. The molecule has 2 aliphatic heterocycles. The van der Waals surface area contributed by atoms with Gasteiger partial charge in [0.05, 0.1) is 0 Å². The largest absolute Gasteiger partial charge is 0.486 e. The van der Waals surface area contributed by atoms with Crippen molar-refractivity contribution in [1.29, 1.82) is 0 Å². The summed E-state index contributed by atoms with van der Waals surface area (Å²) >= 11 is 0. The lowest BCUT2D eigenvalue weighted by Gasteiger charge is -2.20. The van der Waals surface area contributed by atoms with Crippen LogP contribution in [0.2, 0.25) is 0 Å². The highest BCUT2D eigenvalue weighted by molar-refractivity contribution is 5.61. The number of ether oxygens (including phenoxy) is 2. The molecule has 1 aromatic heterocycles. The quantitative estimate of drug-likeness (QED) is 0.901. The number of aromatic nitrogens is 2. The third kappa shape index (κ3) is 2.87. The summed E-state index contributed by atoms with van der Waals surface area (Å²) in [5.41, 5.74) is 7.71. The molecular weight excluding hydrogens is 304 g/mol. The zero-order valence-electron chi connectivity index (χ0n) is 14.2. The Labute approximate surface area is 142 Å². The van der Waals surface area contributed by atoms with Gasteiger partial charge in [-0.2, -0.15) is 0 Å². The highest BCUT2D eigenvalue weighted by Crippen LogP contribution is 2.34. The molecule has 1 aromatic carbocycles. The van der Waals surface area contributed by atoms with Gasteiger partial charge in [-0.15, -0.1) is 0 Å². The van der Waals surface area contributed by atoms with Gasteiger partial charge in [-0.1, -0.05) is 0 Å².